The molecule has 0 N–H and O–H groups in total. The summed E-state index contributed by atoms with van der Waals surface area (Å²) in [6, 6.07) is 6.23. The lowest BCUT2D eigenvalue weighted by atomic mass is 10.0. The highest BCUT2D eigenvalue weighted by molar-refractivity contribution is 5.58. The lowest BCUT2D eigenvalue weighted by Crippen LogP contribution is -2.09. The quantitative estimate of drug-likeness (QED) is 0.613. The maximum Gasteiger partial charge on any atom is 0.129 e. The van der Waals surface area contributed by atoms with Crippen LogP contribution in [0.25, 0.3) is 6.08 Å². The summed E-state index contributed by atoms with van der Waals surface area (Å²) in [6.45, 7) is 4.60. The third-order valence-corrected chi connectivity index (χ3v) is 2.18. The van der Waals surface area contributed by atoms with E-state index in [2.05, 4.69) is 18.7 Å². The Morgan fingerprint density at radius 1 is 1.42 bits per heavy atom. The Labute approximate surface area is 72.7 Å². The Morgan fingerprint density at radius 2 is 2.33 bits per heavy atom. The first-order chi connectivity index (χ1) is 5.92. The van der Waals surface area contributed by atoms with Crippen molar-refractivity contribution in [1.29, 1.82) is 0 Å². The van der Waals surface area contributed by atoms with E-state index in [1.807, 2.05) is 12.1 Å². The zero-order chi connectivity index (χ0) is 8.39. The van der Waals surface area contributed by atoms with Crippen molar-refractivity contribution in [1.82, 2.24) is 0 Å². The van der Waals surface area contributed by atoms with E-state index in [1.165, 1.54) is 5.56 Å². The predicted octanol–water partition coefficient (Wildman–Crippen LogP) is 2.65. The second kappa shape index (κ2) is 3.02. The first-order valence-corrected chi connectivity index (χ1v) is 4.29. The normalized spacial score (nSPS) is 14.7. The Kier molecular flexibility index (Phi) is 1.86. The molecule has 0 radical (unpaired) electrons. The molecule has 0 aromatic heterocycles. The van der Waals surface area contributed by atoms with Crippen molar-refractivity contribution in [3.8, 4) is 5.75 Å². The molecule has 1 aliphatic rings. The number of para-hydroxylation sites is 1. The van der Waals surface area contributed by atoms with Gasteiger partial charge in [-0.15, -0.1) is 0 Å². The number of benzene rings is 1. The fourth-order valence-electron chi connectivity index (χ4n) is 1.58. The Morgan fingerprint density at radius 3 is 3.17 bits per heavy atom. The minimum Gasteiger partial charge on any atom is -0.493 e. The van der Waals surface area contributed by atoms with Crippen molar-refractivity contribution < 1.29 is 4.74 Å². The highest BCUT2D eigenvalue weighted by atomic mass is 16.5. The van der Waals surface area contributed by atoms with Crippen molar-refractivity contribution in [3.63, 3.8) is 0 Å². The van der Waals surface area contributed by atoms with Crippen molar-refractivity contribution in [3.05, 3.63) is 35.9 Å². The molecule has 0 unspecified atom stereocenters. The van der Waals surface area contributed by atoms with Crippen LogP contribution >= 0.6 is 0 Å². The van der Waals surface area contributed by atoms with Gasteiger partial charge in [0.2, 0.25) is 0 Å². The second-order valence-corrected chi connectivity index (χ2v) is 2.99. The SMILES string of the molecule is C=Cc1cccc2c1OCCC2. The van der Waals surface area contributed by atoms with Gasteiger partial charge >= 0.3 is 0 Å². The lowest BCUT2D eigenvalue weighted by Gasteiger charge is -2.18. The van der Waals surface area contributed by atoms with E-state index in [1.54, 1.807) is 0 Å². The summed E-state index contributed by atoms with van der Waals surface area (Å²) in [4.78, 5) is 0. The summed E-state index contributed by atoms with van der Waals surface area (Å²) in [5, 5.41) is 0. The van der Waals surface area contributed by atoms with Crippen LogP contribution in [0.15, 0.2) is 24.8 Å². The van der Waals surface area contributed by atoms with E-state index in [0.29, 0.717) is 0 Å². The minimum absolute atomic E-state index is 0.845. The van der Waals surface area contributed by atoms with Crippen LogP contribution in [0, 0.1) is 0 Å². The molecule has 0 saturated heterocycles. The lowest BCUT2D eigenvalue weighted by molar-refractivity contribution is 0.288. The summed E-state index contributed by atoms with van der Waals surface area (Å²) in [7, 11) is 0. The number of fused-ring (bicyclic) bond motifs is 1. The molecule has 0 fully saturated rings. The molecule has 0 atom stereocenters. The van der Waals surface area contributed by atoms with Crippen LogP contribution in [0.5, 0.6) is 5.75 Å². The molecule has 1 aromatic carbocycles. The van der Waals surface area contributed by atoms with Crippen molar-refractivity contribution in [2.75, 3.05) is 6.61 Å². The Hall–Kier alpha value is -1.24. The molecule has 1 heterocycles. The highest BCUT2D eigenvalue weighted by Crippen LogP contribution is 2.29. The van der Waals surface area contributed by atoms with Gasteiger partial charge in [0.25, 0.3) is 0 Å². The number of hydrogen-bond donors (Lipinski definition) is 0. The Balaban J connectivity index is 2.51. The zero-order valence-electron chi connectivity index (χ0n) is 7.05. The van der Waals surface area contributed by atoms with Crippen LogP contribution in [-0.4, -0.2) is 6.61 Å². The van der Waals surface area contributed by atoms with Crippen molar-refractivity contribution >= 4 is 6.08 Å². The number of hydrogen-bond acceptors (Lipinski definition) is 1. The average Bonchev–Trinajstić information content (AvgIpc) is 2.17. The summed E-state index contributed by atoms with van der Waals surface area (Å²) in [6.07, 6.45) is 4.12. The maximum atomic E-state index is 5.57. The van der Waals surface area contributed by atoms with Gasteiger partial charge in [-0.05, 0) is 18.4 Å². The largest absolute Gasteiger partial charge is 0.493 e. The number of aryl methyl sites for hydroxylation is 1. The molecule has 1 aliphatic heterocycles. The van der Waals surface area contributed by atoms with Crippen LogP contribution in [0.2, 0.25) is 0 Å². The van der Waals surface area contributed by atoms with E-state index in [4.69, 9.17) is 4.74 Å². The monoisotopic (exact) mass is 160 g/mol. The van der Waals surface area contributed by atoms with Gasteiger partial charge in [-0.2, -0.15) is 0 Å². The second-order valence-electron chi connectivity index (χ2n) is 2.99. The van der Waals surface area contributed by atoms with Crippen molar-refractivity contribution in [2.24, 2.45) is 0 Å². The summed E-state index contributed by atoms with van der Waals surface area (Å²) in [5.74, 6) is 1.04. The van der Waals surface area contributed by atoms with Gasteiger partial charge in [-0.25, -0.2) is 0 Å². The molecule has 0 saturated carbocycles. The average molecular weight is 160 g/mol. The van der Waals surface area contributed by atoms with Crippen molar-refractivity contribution in [2.45, 2.75) is 12.8 Å². The summed E-state index contributed by atoms with van der Waals surface area (Å²) < 4.78 is 5.57. The number of rotatable bonds is 1. The maximum absolute atomic E-state index is 5.57. The smallest absolute Gasteiger partial charge is 0.129 e. The third kappa shape index (κ3) is 1.11. The molecule has 0 aliphatic carbocycles. The summed E-state index contributed by atoms with van der Waals surface area (Å²) in [5.41, 5.74) is 2.44. The van der Waals surface area contributed by atoms with Gasteiger partial charge in [0.1, 0.15) is 5.75 Å². The van der Waals surface area contributed by atoms with E-state index in [9.17, 15) is 0 Å². The van der Waals surface area contributed by atoms with Gasteiger partial charge in [0.15, 0.2) is 0 Å². The van der Waals surface area contributed by atoms with E-state index in [0.717, 1.165) is 30.8 Å². The van der Waals surface area contributed by atoms with Crippen LogP contribution in [0.3, 0.4) is 0 Å². The molecule has 1 aromatic rings. The van der Waals surface area contributed by atoms with Gasteiger partial charge < -0.3 is 4.74 Å². The fourth-order valence-corrected chi connectivity index (χ4v) is 1.58. The van der Waals surface area contributed by atoms with E-state index < -0.39 is 0 Å². The molecule has 1 heteroatoms. The number of ether oxygens (including phenoxy) is 1. The molecule has 0 spiro atoms. The molecular weight excluding hydrogens is 148 g/mol. The third-order valence-electron chi connectivity index (χ3n) is 2.18. The van der Waals surface area contributed by atoms with Gasteiger partial charge in [-0.3, -0.25) is 0 Å². The minimum atomic E-state index is 0.845. The molecule has 2 rings (SSSR count). The molecule has 62 valence electrons. The Bertz CT molecular complexity index is 302. The molecule has 0 bridgehead atoms. The molecule has 12 heavy (non-hydrogen) atoms. The van der Waals surface area contributed by atoms with Gasteiger partial charge in [0.05, 0.1) is 6.61 Å². The highest BCUT2D eigenvalue weighted by Gasteiger charge is 2.11. The van der Waals surface area contributed by atoms with Crippen LogP contribution in [-0.2, 0) is 6.42 Å². The standard InChI is InChI=1S/C11H12O/c1-2-9-5-3-6-10-7-4-8-12-11(9)10/h2-3,5-6H,1,4,7-8H2. The van der Waals surface area contributed by atoms with Crippen LogP contribution < -0.4 is 4.74 Å². The molecular formula is C11H12O. The first kappa shape index (κ1) is 7.41. The van der Waals surface area contributed by atoms with E-state index in [-0.39, 0.29) is 0 Å². The fraction of sp³-hybridized carbons (Fsp3) is 0.273. The summed E-state index contributed by atoms with van der Waals surface area (Å²) >= 11 is 0. The molecule has 0 amide bonds. The van der Waals surface area contributed by atoms with Crippen LogP contribution in [0.4, 0.5) is 0 Å². The van der Waals surface area contributed by atoms with Crippen LogP contribution in [0.1, 0.15) is 17.5 Å². The predicted molar refractivity (Wildman–Crippen MR) is 50.3 cm³/mol. The zero-order valence-corrected chi connectivity index (χ0v) is 7.05. The van der Waals surface area contributed by atoms with Gasteiger partial charge in [-0.1, -0.05) is 30.9 Å². The van der Waals surface area contributed by atoms with Gasteiger partial charge in [0, 0.05) is 5.56 Å². The molecule has 1 nitrogen and oxygen atoms in total. The first-order valence-electron chi connectivity index (χ1n) is 4.29. The topological polar surface area (TPSA) is 9.23 Å². The van der Waals surface area contributed by atoms with E-state index >= 15 is 0 Å².